The molecule has 0 spiro atoms. The molecule has 0 aliphatic rings. The van der Waals surface area contributed by atoms with Gasteiger partial charge >= 0.3 is 0 Å². The molecule has 0 saturated heterocycles. The summed E-state index contributed by atoms with van der Waals surface area (Å²) in [5.74, 6) is -0.258. The summed E-state index contributed by atoms with van der Waals surface area (Å²) in [5.41, 5.74) is 4.29. The van der Waals surface area contributed by atoms with Crippen LogP contribution in [0.5, 0.6) is 0 Å². The van der Waals surface area contributed by atoms with Gasteiger partial charge in [0.15, 0.2) is 0 Å². The number of rotatable bonds is 6. The van der Waals surface area contributed by atoms with Crippen LogP contribution in [0.1, 0.15) is 28.4 Å². The average molecular weight is 325 g/mol. The molecule has 0 saturated carbocycles. The van der Waals surface area contributed by atoms with E-state index < -0.39 is 0 Å². The molecule has 2 aromatic rings. The fourth-order valence-corrected chi connectivity index (χ4v) is 2.36. The van der Waals surface area contributed by atoms with Crippen molar-refractivity contribution < 1.29 is 9.59 Å². The van der Waals surface area contributed by atoms with E-state index in [4.69, 9.17) is 0 Å². The Bertz CT molecular complexity index is 741. The molecule has 0 unspecified atom stereocenters. The van der Waals surface area contributed by atoms with Crippen LogP contribution in [0.4, 0.5) is 11.4 Å². The number of benzene rings is 2. The number of aryl methyl sites for hydroxylation is 2. The van der Waals surface area contributed by atoms with Crippen LogP contribution in [0, 0.1) is 13.8 Å². The van der Waals surface area contributed by atoms with Crippen molar-refractivity contribution in [2.24, 2.45) is 0 Å². The molecule has 2 rings (SSSR count). The molecule has 2 aromatic carbocycles. The first-order valence-electron chi connectivity index (χ1n) is 7.99. The minimum atomic E-state index is -0.134. The Balaban J connectivity index is 1.94. The van der Waals surface area contributed by atoms with E-state index in [9.17, 15) is 9.59 Å². The highest BCUT2D eigenvalue weighted by molar-refractivity contribution is 5.96. The summed E-state index contributed by atoms with van der Waals surface area (Å²) in [4.78, 5) is 23.9. The van der Waals surface area contributed by atoms with Crippen LogP contribution >= 0.6 is 0 Å². The van der Waals surface area contributed by atoms with Crippen molar-refractivity contribution in [1.82, 2.24) is 5.32 Å². The number of hydrogen-bond acceptors (Lipinski definition) is 3. The van der Waals surface area contributed by atoms with E-state index in [0.717, 1.165) is 22.5 Å². The maximum atomic E-state index is 12.1. The average Bonchev–Trinajstić information content (AvgIpc) is 2.56. The van der Waals surface area contributed by atoms with E-state index in [1.54, 1.807) is 18.2 Å². The maximum Gasteiger partial charge on any atom is 0.251 e. The van der Waals surface area contributed by atoms with Crippen LogP contribution in [0.3, 0.4) is 0 Å². The Kier molecular flexibility index (Phi) is 5.95. The highest BCUT2D eigenvalue weighted by Crippen LogP contribution is 2.16. The Labute approximate surface area is 142 Å². The highest BCUT2D eigenvalue weighted by atomic mass is 16.2. The van der Waals surface area contributed by atoms with Crippen LogP contribution in [0.25, 0.3) is 0 Å². The fourth-order valence-electron chi connectivity index (χ4n) is 2.36. The van der Waals surface area contributed by atoms with Crippen LogP contribution in [-0.2, 0) is 4.79 Å². The summed E-state index contributed by atoms with van der Waals surface area (Å²) in [6, 6.07) is 13.0. The van der Waals surface area contributed by atoms with Gasteiger partial charge in [0.1, 0.15) is 0 Å². The molecular formula is C19H23N3O2. The third-order valence-electron chi connectivity index (χ3n) is 3.57. The highest BCUT2D eigenvalue weighted by Gasteiger charge is 2.07. The fraction of sp³-hybridized carbons (Fsp3) is 0.263. The number of carbonyl (C=O) groups excluding carboxylic acids is 2. The molecule has 2 amide bonds. The molecule has 24 heavy (non-hydrogen) atoms. The van der Waals surface area contributed by atoms with Gasteiger partial charge in [0.05, 0.1) is 6.54 Å². The molecule has 0 atom stereocenters. The van der Waals surface area contributed by atoms with Gasteiger partial charge in [-0.1, -0.05) is 23.8 Å². The molecular weight excluding hydrogens is 302 g/mol. The molecule has 0 heterocycles. The number of anilines is 2. The Hall–Kier alpha value is -2.82. The summed E-state index contributed by atoms with van der Waals surface area (Å²) in [5, 5.41) is 8.68. The number of carbonyl (C=O) groups is 2. The van der Waals surface area contributed by atoms with Gasteiger partial charge in [0.25, 0.3) is 5.91 Å². The largest absolute Gasteiger partial charge is 0.376 e. The second-order valence-corrected chi connectivity index (χ2v) is 5.66. The van der Waals surface area contributed by atoms with Crippen molar-refractivity contribution in [3.63, 3.8) is 0 Å². The van der Waals surface area contributed by atoms with Gasteiger partial charge in [-0.15, -0.1) is 0 Å². The molecule has 0 radical (unpaired) electrons. The summed E-state index contributed by atoms with van der Waals surface area (Å²) in [7, 11) is 0. The molecule has 0 aliphatic heterocycles. The van der Waals surface area contributed by atoms with Gasteiger partial charge in [-0.05, 0) is 50.6 Å². The third-order valence-corrected chi connectivity index (χ3v) is 3.57. The number of nitrogens with one attached hydrogen (secondary N) is 3. The van der Waals surface area contributed by atoms with Gasteiger partial charge in [-0.3, -0.25) is 9.59 Å². The zero-order valence-corrected chi connectivity index (χ0v) is 14.3. The first-order chi connectivity index (χ1) is 11.5. The molecule has 126 valence electrons. The summed E-state index contributed by atoms with van der Waals surface area (Å²) >= 11 is 0. The molecule has 0 aliphatic carbocycles. The smallest absolute Gasteiger partial charge is 0.251 e. The predicted molar refractivity (Wildman–Crippen MR) is 97.5 cm³/mol. The third kappa shape index (κ3) is 4.84. The van der Waals surface area contributed by atoms with Gasteiger partial charge in [0.2, 0.25) is 5.91 Å². The SMILES string of the molecule is CCNC(=O)c1cccc(NCC(=O)Nc2ccc(C)cc2C)c1. The summed E-state index contributed by atoms with van der Waals surface area (Å²) in [6.45, 7) is 6.56. The standard InChI is InChI=1S/C19H23N3O2/c1-4-20-19(24)15-6-5-7-16(11-15)21-12-18(23)22-17-9-8-13(2)10-14(17)3/h5-11,21H,4,12H2,1-3H3,(H,20,24)(H,22,23). The topological polar surface area (TPSA) is 70.2 Å². The van der Waals surface area contributed by atoms with Crippen molar-refractivity contribution in [1.29, 1.82) is 0 Å². The quantitative estimate of drug-likeness (QED) is 0.764. The molecule has 5 heteroatoms. The lowest BCUT2D eigenvalue weighted by molar-refractivity contribution is -0.114. The summed E-state index contributed by atoms with van der Waals surface area (Å²) < 4.78 is 0. The van der Waals surface area contributed by atoms with E-state index in [1.165, 1.54) is 0 Å². The van der Waals surface area contributed by atoms with Crippen molar-refractivity contribution in [3.05, 3.63) is 59.2 Å². The molecule has 0 fully saturated rings. The zero-order chi connectivity index (χ0) is 17.5. The first kappa shape index (κ1) is 17.5. The van der Waals surface area contributed by atoms with Crippen molar-refractivity contribution in [3.8, 4) is 0 Å². The lowest BCUT2D eigenvalue weighted by atomic mass is 10.1. The minimum Gasteiger partial charge on any atom is -0.376 e. The molecule has 5 nitrogen and oxygen atoms in total. The summed E-state index contributed by atoms with van der Waals surface area (Å²) in [6.07, 6.45) is 0. The van der Waals surface area contributed by atoms with Crippen molar-refractivity contribution >= 4 is 23.2 Å². The van der Waals surface area contributed by atoms with Crippen molar-refractivity contribution in [2.75, 3.05) is 23.7 Å². The van der Waals surface area contributed by atoms with E-state index in [2.05, 4.69) is 16.0 Å². The van der Waals surface area contributed by atoms with Gasteiger partial charge in [-0.25, -0.2) is 0 Å². The van der Waals surface area contributed by atoms with Crippen LogP contribution < -0.4 is 16.0 Å². The predicted octanol–water partition coefficient (Wildman–Crippen LogP) is 3.10. The van der Waals surface area contributed by atoms with Crippen molar-refractivity contribution in [2.45, 2.75) is 20.8 Å². The van der Waals surface area contributed by atoms with Gasteiger partial charge in [0, 0.05) is 23.5 Å². The van der Waals surface area contributed by atoms with E-state index in [-0.39, 0.29) is 18.4 Å². The molecule has 0 aromatic heterocycles. The zero-order valence-electron chi connectivity index (χ0n) is 14.3. The first-order valence-corrected chi connectivity index (χ1v) is 7.99. The maximum absolute atomic E-state index is 12.1. The van der Waals surface area contributed by atoms with Crippen LogP contribution in [0.2, 0.25) is 0 Å². The Morgan fingerprint density at radius 1 is 1.04 bits per heavy atom. The van der Waals surface area contributed by atoms with Gasteiger partial charge in [-0.2, -0.15) is 0 Å². The lowest BCUT2D eigenvalue weighted by Gasteiger charge is -2.11. The lowest BCUT2D eigenvalue weighted by Crippen LogP contribution is -2.24. The van der Waals surface area contributed by atoms with E-state index >= 15 is 0 Å². The monoisotopic (exact) mass is 325 g/mol. The van der Waals surface area contributed by atoms with Gasteiger partial charge < -0.3 is 16.0 Å². The minimum absolute atomic E-state index is 0.124. The Morgan fingerprint density at radius 3 is 2.54 bits per heavy atom. The van der Waals surface area contributed by atoms with E-state index in [1.807, 2.05) is 45.0 Å². The van der Waals surface area contributed by atoms with Crippen LogP contribution in [0.15, 0.2) is 42.5 Å². The molecule has 3 N–H and O–H groups in total. The normalized spacial score (nSPS) is 10.1. The van der Waals surface area contributed by atoms with E-state index in [0.29, 0.717) is 12.1 Å². The second-order valence-electron chi connectivity index (χ2n) is 5.66. The number of hydrogen-bond donors (Lipinski definition) is 3. The number of amides is 2. The second kappa shape index (κ2) is 8.15. The Morgan fingerprint density at radius 2 is 1.83 bits per heavy atom. The van der Waals surface area contributed by atoms with Crippen LogP contribution in [-0.4, -0.2) is 24.9 Å². The molecule has 0 bridgehead atoms.